The third kappa shape index (κ3) is 2.00. The Labute approximate surface area is 96.6 Å². The van der Waals surface area contributed by atoms with E-state index in [2.05, 4.69) is 14.7 Å². The number of fused-ring (bicyclic) bond motifs is 1. The minimum Gasteiger partial charge on any atom is -0.449 e. The molecule has 0 saturated carbocycles. The third-order valence-corrected chi connectivity index (χ3v) is 2.57. The highest BCUT2D eigenvalue weighted by molar-refractivity contribution is 6.35. The highest BCUT2D eigenvalue weighted by atomic mass is 35.5. The predicted octanol–water partition coefficient (Wildman–Crippen LogP) is 1.22. The molecule has 3 N–H and O–H groups in total. The average molecular weight is 240 g/mol. The minimum absolute atomic E-state index is 0.333. The normalized spacial score (nSPS) is 12.6. The van der Waals surface area contributed by atoms with Crippen LogP contribution in [0.15, 0.2) is 18.5 Å². The molecule has 1 unspecified atom stereocenters. The number of nitrogens with two attached hydrogens (primary N) is 1. The van der Waals surface area contributed by atoms with E-state index in [0.717, 1.165) is 10.9 Å². The first kappa shape index (κ1) is 10.9. The Morgan fingerprint density at radius 3 is 3.25 bits per heavy atom. The van der Waals surface area contributed by atoms with Crippen LogP contribution in [-0.4, -0.2) is 22.7 Å². The molecule has 5 nitrogen and oxygen atoms in total. The van der Waals surface area contributed by atoms with Gasteiger partial charge in [0.05, 0.1) is 5.02 Å². The van der Waals surface area contributed by atoms with Gasteiger partial charge in [-0.05, 0) is 11.6 Å². The zero-order valence-corrected chi connectivity index (χ0v) is 9.07. The van der Waals surface area contributed by atoms with Crippen LogP contribution in [-0.2, 0) is 16.0 Å². The number of carbonyl (C=O) groups is 1. The Morgan fingerprint density at radius 2 is 2.50 bits per heavy atom. The van der Waals surface area contributed by atoms with E-state index in [9.17, 15) is 4.79 Å². The molecule has 0 bridgehead atoms. The molecule has 0 aliphatic rings. The quantitative estimate of drug-likeness (QED) is 0.621. The molecule has 0 aliphatic carbocycles. The highest BCUT2D eigenvalue weighted by Crippen LogP contribution is 2.25. The lowest BCUT2D eigenvalue weighted by molar-refractivity contribution is -0.133. The van der Waals surface area contributed by atoms with Gasteiger partial charge < -0.3 is 9.72 Å². The van der Waals surface area contributed by atoms with E-state index in [4.69, 9.17) is 17.3 Å². The Bertz CT molecular complexity index is 512. The Morgan fingerprint density at radius 1 is 1.69 bits per heavy atom. The van der Waals surface area contributed by atoms with Crippen LogP contribution >= 0.6 is 11.6 Å². The molecule has 84 valence electrons. The molecule has 6 heteroatoms. The van der Waals surface area contributed by atoms with Crippen molar-refractivity contribution in [2.24, 2.45) is 5.73 Å². The Hall–Kier alpha value is -1.59. The van der Waals surface area contributed by atoms with Crippen LogP contribution in [0.5, 0.6) is 0 Å². The fourth-order valence-corrected chi connectivity index (χ4v) is 1.85. The fourth-order valence-electron chi connectivity index (χ4n) is 1.58. The minimum atomic E-state index is -0.673. The van der Waals surface area contributed by atoms with Gasteiger partial charge in [-0.1, -0.05) is 11.6 Å². The van der Waals surface area contributed by atoms with Crippen molar-refractivity contribution in [1.29, 1.82) is 0 Å². The lowest BCUT2D eigenvalue weighted by Gasteiger charge is -2.08. The molecule has 2 rings (SSSR count). The average Bonchev–Trinajstić information content (AvgIpc) is 2.63. The molecule has 2 heterocycles. The van der Waals surface area contributed by atoms with Crippen LogP contribution in [0.2, 0.25) is 5.02 Å². The van der Waals surface area contributed by atoms with Gasteiger partial charge in [0.1, 0.15) is 5.65 Å². The monoisotopic (exact) mass is 239 g/mol. The number of hydrogen-bond donors (Lipinski definition) is 2. The number of carbonyl (C=O) groups excluding carboxylic acids is 1. The maximum atomic E-state index is 10.1. The maximum Gasteiger partial charge on any atom is 0.294 e. The van der Waals surface area contributed by atoms with Gasteiger partial charge in [-0.15, -0.1) is 0 Å². The summed E-state index contributed by atoms with van der Waals surface area (Å²) >= 11 is 6.05. The number of nitrogens with zero attached hydrogens (tertiary/aromatic N) is 1. The lowest BCUT2D eigenvalue weighted by atomic mass is 10.1. The van der Waals surface area contributed by atoms with Gasteiger partial charge in [-0.3, -0.25) is 10.5 Å². The first-order chi connectivity index (χ1) is 7.72. The van der Waals surface area contributed by atoms with Crippen LogP contribution in [0.4, 0.5) is 0 Å². The second kappa shape index (κ2) is 4.51. The van der Waals surface area contributed by atoms with Gasteiger partial charge in [0.15, 0.2) is 6.23 Å². The highest BCUT2D eigenvalue weighted by Gasteiger charge is 2.12. The number of rotatable bonds is 4. The standard InChI is InChI=1S/C10H10ClN3O2/c11-7-1-2-13-10-9(7)6(4-14-10)3-8(12)16-5-15/h1-2,4-5,8H,3,12H2,(H,13,14). The molecular weight excluding hydrogens is 230 g/mol. The SMILES string of the molecule is NC(Cc1c[nH]c2nccc(Cl)c12)OC=O. The molecule has 2 aromatic rings. The summed E-state index contributed by atoms with van der Waals surface area (Å²) in [6.45, 7) is 0.333. The summed E-state index contributed by atoms with van der Waals surface area (Å²) in [7, 11) is 0. The van der Waals surface area contributed by atoms with E-state index in [1.54, 1.807) is 18.5 Å². The summed E-state index contributed by atoms with van der Waals surface area (Å²) in [6.07, 6.45) is 3.10. The number of nitrogens with one attached hydrogen (secondary N) is 1. The summed E-state index contributed by atoms with van der Waals surface area (Å²) < 4.78 is 4.62. The second-order valence-corrected chi connectivity index (χ2v) is 3.71. The number of hydrogen-bond acceptors (Lipinski definition) is 4. The molecule has 0 saturated heterocycles. The van der Waals surface area contributed by atoms with Crippen molar-refractivity contribution in [2.45, 2.75) is 12.6 Å². The van der Waals surface area contributed by atoms with Crippen molar-refractivity contribution >= 4 is 29.1 Å². The van der Waals surface area contributed by atoms with Crippen molar-refractivity contribution in [3.8, 4) is 0 Å². The first-order valence-electron chi connectivity index (χ1n) is 4.67. The van der Waals surface area contributed by atoms with Crippen molar-refractivity contribution in [2.75, 3.05) is 0 Å². The van der Waals surface area contributed by atoms with E-state index in [1.807, 2.05) is 0 Å². The molecule has 0 radical (unpaired) electrons. The molecule has 16 heavy (non-hydrogen) atoms. The van der Waals surface area contributed by atoms with E-state index >= 15 is 0 Å². The summed E-state index contributed by atoms with van der Waals surface area (Å²) in [6, 6.07) is 1.70. The largest absolute Gasteiger partial charge is 0.449 e. The molecule has 0 aliphatic heterocycles. The van der Waals surface area contributed by atoms with Crippen molar-refractivity contribution < 1.29 is 9.53 Å². The summed E-state index contributed by atoms with van der Waals surface area (Å²) in [4.78, 5) is 17.2. The van der Waals surface area contributed by atoms with Crippen molar-refractivity contribution in [3.63, 3.8) is 0 Å². The van der Waals surface area contributed by atoms with Gasteiger partial charge >= 0.3 is 0 Å². The van der Waals surface area contributed by atoms with Crippen LogP contribution in [0.3, 0.4) is 0 Å². The number of pyridine rings is 1. The van der Waals surface area contributed by atoms with Crippen LogP contribution in [0, 0.1) is 0 Å². The molecular formula is C10H10ClN3O2. The topological polar surface area (TPSA) is 81.0 Å². The van der Waals surface area contributed by atoms with Crippen molar-refractivity contribution in [1.82, 2.24) is 9.97 Å². The molecule has 0 amide bonds. The number of ether oxygens (including phenoxy) is 1. The second-order valence-electron chi connectivity index (χ2n) is 3.31. The molecule has 0 fully saturated rings. The number of aromatic amines is 1. The van der Waals surface area contributed by atoms with E-state index < -0.39 is 6.23 Å². The van der Waals surface area contributed by atoms with E-state index in [1.165, 1.54) is 0 Å². The van der Waals surface area contributed by atoms with Gasteiger partial charge in [-0.25, -0.2) is 4.98 Å². The lowest BCUT2D eigenvalue weighted by Crippen LogP contribution is -2.25. The van der Waals surface area contributed by atoms with Gasteiger partial charge in [0.2, 0.25) is 0 Å². The van der Waals surface area contributed by atoms with Gasteiger partial charge in [0.25, 0.3) is 6.47 Å². The summed E-state index contributed by atoms with van der Waals surface area (Å²) in [5, 5.41) is 1.41. The fraction of sp³-hybridized carbons (Fsp3) is 0.200. The van der Waals surface area contributed by atoms with Crippen LogP contribution < -0.4 is 5.73 Å². The summed E-state index contributed by atoms with van der Waals surface area (Å²) in [5.74, 6) is 0. The maximum absolute atomic E-state index is 10.1. The number of aromatic nitrogens is 2. The van der Waals surface area contributed by atoms with E-state index in [0.29, 0.717) is 23.6 Å². The molecule has 0 spiro atoms. The van der Waals surface area contributed by atoms with Crippen LogP contribution in [0.25, 0.3) is 11.0 Å². The van der Waals surface area contributed by atoms with Crippen LogP contribution in [0.1, 0.15) is 5.56 Å². The Balaban J connectivity index is 2.34. The molecule has 1 atom stereocenters. The summed E-state index contributed by atoms with van der Waals surface area (Å²) in [5.41, 5.74) is 7.16. The third-order valence-electron chi connectivity index (χ3n) is 2.26. The zero-order valence-electron chi connectivity index (χ0n) is 8.31. The Kier molecular flexibility index (Phi) is 3.07. The number of halogens is 1. The number of H-pyrrole nitrogens is 1. The van der Waals surface area contributed by atoms with Gasteiger partial charge in [-0.2, -0.15) is 0 Å². The first-order valence-corrected chi connectivity index (χ1v) is 5.05. The van der Waals surface area contributed by atoms with Gasteiger partial charge in [0, 0.05) is 24.2 Å². The molecule has 2 aromatic heterocycles. The zero-order chi connectivity index (χ0) is 11.5. The van der Waals surface area contributed by atoms with E-state index in [-0.39, 0.29) is 0 Å². The molecule has 0 aromatic carbocycles. The van der Waals surface area contributed by atoms with Crippen molar-refractivity contribution in [3.05, 3.63) is 29.0 Å². The predicted molar refractivity (Wildman–Crippen MR) is 59.9 cm³/mol. The smallest absolute Gasteiger partial charge is 0.294 e.